The molecule has 0 aromatic rings. The third kappa shape index (κ3) is 2.66. The molecule has 1 atom stereocenters. The molecule has 2 nitrogen and oxygen atoms in total. The lowest BCUT2D eigenvalue weighted by molar-refractivity contribution is -0.118. The summed E-state index contributed by atoms with van der Waals surface area (Å²) < 4.78 is 0. The molecule has 0 heterocycles. The smallest absolute Gasteiger partial charge is 0.163 e. The lowest BCUT2D eigenvalue weighted by atomic mass is 9.79. The Bertz CT molecular complexity index is 176. The van der Waals surface area contributed by atoms with Crippen LogP contribution < -0.4 is 0 Å². The van der Waals surface area contributed by atoms with E-state index in [4.69, 9.17) is 5.41 Å². The van der Waals surface area contributed by atoms with Crippen molar-refractivity contribution in [2.24, 2.45) is 11.3 Å². The highest BCUT2D eigenvalue weighted by atomic mass is 16.1. The number of carbonyl (C=O) groups is 1. The van der Waals surface area contributed by atoms with Crippen LogP contribution >= 0.6 is 0 Å². The van der Waals surface area contributed by atoms with Gasteiger partial charge >= 0.3 is 0 Å². The number of ketones is 1. The second-order valence-electron chi connectivity index (χ2n) is 3.62. The van der Waals surface area contributed by atoms with E-state index in [1.54, 1.807) is 0 Å². The van der Waals surface area contributed by atoms with Crippen LogP contribution in [-0.2, 0) is 4.79 Å². The highest BCUT2D eigenvalue weighted by molar-refractivity contribution is 6.01. The summed E-state index contributed by atoms with van der Waals surface area (Å²) in [5.41, 5.74) is -0.174. The second kappa shape index (κ2) is 3.46. The zero-order chi connectivity index (χ0) is 9.07. The molecule has 0 amide bonds. The van der Waals surface area contributed by atoms with Gasteiger partial charge in [0.25, 0.3) is 0 Å². The average molecular weight is 153 g/mol. The van der Waals surface area contributed by atoms with E-state index in [1.165, 1.54) is 12.3 Å². The van der Waals surface area contributed by atoms with Crippen LogP contribution in [0.15, 0.2) is 12.7 Å². The van der Waals surface area contributed by atoms with Crippen LogP contribution in [0.4, 0.5) is 0 Å². The molecular weight excluding hydrogens is 138 g/mol. The average Bonchev–Trinajstić information content (AvgIpc) is 1.86. The molecule has 0 aromatic heterocycles. The summed E-state index contributed by atoms with van der Waals surface area (Å²) in [6, 6.07) is 0. The van der Waals surface area contributed by atoms with Crippen LogP contribution in [0.3, 0.4) is 0 Å². The van der Waals surface area contributed by atoms with Crippen LogP contribution in [0, 0.1) is 16.7 Å². The van der Waals surface area contributed by atoms with E-state index in [0.29, 0.717) is 0 Å². The zero-order valence-electron chi connectivity index (χ0n) is 7.35. The maximum atomic E-state index is 11.1. The molecule has 0 radical (unpaired) electrons. The monoisotopic (exact) mass is 153 g/mol. The first-order valence-electron chi connectivity index (χ1n) is 3.60. The van der Waals surface area contributed by atoms with Crippen molar-refractivity contribution in [3.05, 3.63) is 12.7 Å². The third-order valence-electron chi connectivity index (χ3n) is 1.61. The van der Waals surface area contributed by atoms with Crippen molar-refractivity contribution in [3.8, 4) is 0 Å². The van der Waals surface area contributed by atoms with Gasteiger partial charge in [-0.05, 0) is 11.5 Å². The molecule has 0 aliphatic rings. The molecule has 0 aliphatic carbocycles. The Morgan fingerprint density at radius 2 is 2.00 bits per heavy atom. The Morgan fingerprint density at radius 3 is 2.09 bits per heavy atom. The van der Waals surface area contributed by atoms with Gasteiger partial charge in [-0.2, -0.15) is 0 Å². The van der Waals surface area contributed by atoms with Crippen LogP contribution in [0.25, 0.3) is 0 Å². The fourth-order valence-electron chi connectivity index (χ4n) is 0.886. The molecule has 0 spiro atoms. The molecule has 0 aliphatic heterocycles. The Kier molecular flexibility index (Phi) is 3.18. The van der Waals surface area contributed by atoms with Gasteiger partial charge in [0.1, 0.15) is 0 Å². The van der Waals surface area contributed by atoms with Crippen molar-refractivity contribution < 1.29 is 4.79 Å². The SMILES string of the molecule is C=CC(=O)C(C=N)C(C)(C)C. The minimum absolute atomic E-state index is 0.0764. The summed E-state index contributed by atoms with van der Waals surface area (Å²) in [6.07, 6.45) is 2.46. The molecule has 0 aromatic carbocycles. The zero-order valence-corrected chi connectivity index (χ0v) is 7.35. The lowest BCUT2D eigenvalue weighted by Gasteiger charge is -2.24. The maximum Gasteiger partial charge on any atom is 0.163 e. The molecule has 62 valence electrons. The van der Waals surface area contributed by atoms with E-state index >= 15 is 0 Å². The van der Waals surface area contributed by atoms with E-state index in [-0.39, 0.29) is 17.1 Å². The summed E-state index contributed by atoms with van der Waals surface area (Å²) in [5.74, 6) is -0.410. The Labute approximate surface area is 67.8 Å². The first kappa shape index (κ1) is 10.1. The minimum atomic E-state index is -0.333. The van der Waals surface area contributed by atoms with Crippen LogP contribution in [0.5, 0.6) is 0 Å². The predicted octanol–water partition coefficient (Wildman–Crippen LogP) is 2.05. The van der Waals surface area contributed by atoms with E-state index in [9.17, 15) is 4.79 Å². The Balaban J connectivity index is 4.54. The predicted molar refractivity (Wildman–Crippen MR) is 46.9 cm³/mol. The molecule has 1 unspecified atom stereocenters. The van der Waals surface area contributed by atoms with E-state index < -0.39 is 0 Å². The molecule has 2 heteroatoms. The van der Waals surface area contributed by atoms with Crippen molar-refractivity contribution in [1.29, 1.82) is 5.41 Å². The fourth-order valence-corrected chi connectivity index (χ4v) is 0.886. The van der Waals surface area contributed by atoms with Crippen molar-refractivity contribution >= 4 is 12.0 Å². The number of hydrogen-bond donors (Lipinski definition) is 1. The molecule has 0 rings (SSSR count). The van der Waals surface area contributed by atoms with Gasteiger partial charge in [0.2, 0.25) is 0 Å². The summed E-state index contributed by atoms with van der Waals surface area (Å²) in [6.45, 7) is 9.19. The normalized spacial score (nSPS) is 13.7. The Morgan fingerprint density at radius 1 is 1.55 bits per heavy atom. The highest BCUT2D eigenvalue weighted by Gasteiger charge is 2.27. The molecular formula is C9H15NO. The molecule has 0 bridgehead atoms. The number of rotatable bonds is 3. The first-order valence-corrected chi connectivity index (χ1v) is 3.60. The van der Waals surface area contributed by atoms with Gasteiger partial charge in [-0.3, -0.25) is 4.79 Å². The minimum Gasteiger partial charge on any atom is -0.312 e. The summed E-state index contributed by atoms with van der Waals surface area (Å²) >= 11 is 0. The second-order valence-corrected chi connectivity index (χ2v) is 3.62. The molecule has 11 heavy (non-hydrogen) atoms. The summed E-state index contributed by atoms with van der Waals surface area (Å²) in [5, 5.41) is 7.06. The maximum absolute atomic E-state index is 11.1. The van der Waals surface area contributed by atoms with Gasteiger partial charge in [0.15, 0.2) is 5.78 Å². The molecule has 0 fully saturated rings. The van der Waals surface area contributed by atoms with Gasteiger partial charge in [0, 0.05) is 6.21 Å². The highest BCUT2D eigenvalue weighted by Crippen LogP contribution is 2.24. The van der Waals surface area contributed by atoms with E-state index in [2.05, 4.69) is 6.58 Å². The number of nitrogens with one attached hydrogen (secondary N) is 1. The lowest BCUT2D eigenvalue weighted by Crippen LogP contribution is -2.28. The van der Waals surface area contributed by atoms with Gasteiger partial charge in [-0.15, -0.1) is 0 Å². The molecule has 1 N–H and O–H groups in total. The largest absolute Gasteiger partial charge is 0.312 e. The van der Waals surface area contributed by atoms with Crippen molar-refractivity contribution in [3.63, 3.8) is 0 Å². The summed E-state index contributed by atoms with van der Waals surface area (Å²) in [4.78, 5) is 11.1. The third-order valence-corrected chi connectivity index (χ3v) is 1.61. The quantitative estimate of drug-likeness (QED) is 0.489. The topological polar surface area (TPSA) is 40.9 Å². The summed E-state index contributed by atoms with van der Waals surface area (Å²) in [7, 11) is 0. The van der Waals surface area contributed by atoms with Gasteiger partial charge in [0.05, 0.1) is 5.92 Å². The van der Waals surface area contributed by atoms with E-state index in [1.807, 2.05) is 20.8 Å². The van der Waals surface area contributed by atoms with Crippen LogP contribution in [0.1, 0.15) is 20.8 Å². The van der Waals surface area contributed by atoms with Gasteiger partial charge < -0.3 is 5.41 Å². The van der Waals surface area contributed by atoms with Crippen LogP contribution in [0.2, 0.25) is 0 Å². The Hall–Kier alpha value is -0.920. The van der Waals surface area contributed by atoms with Crippen LogP contribution in [-0.4, -0.2) is 12.0 Å². The van der Waals surface area contributed by atoms with Gasteiger partial charge in [-0.1, -0.05) is 27.4 Å². The fraction of sp³-hybridized carbons (Fsp3) is 0.556. The van der Waals surface area contributed by atoms with E-state index in [0.717, 1.165) is 0 Å². The number of hydrogen-bond acceptors (Lipinski definition) is 2. The molecule has 0 saturated carbocycles. The standard InChI is InChI=1S/C9H15NO/c1-5-8(11)7(6-10)9(2,3)4/h5-7,10H,1H2,2-4H3. The first-order chi connectivity index (χ1) is 4.93. The van der Waals surface area contributed by atoms with Crippen molar-refractivity contribution in [2.75, 3.05) is 0 Å². The number of carbonyl (C=O) groups excluding carboxylic acids is 1. The molecule has 0 saturated heterocycles. The van der Waals surface area contributed by atoms with Gasteiger partial charge in [-0.25, -0.2) is 0 Å². The van der Waals surface area contributed by atoms with Crippen molar-refractivity contribution in [2.45, 2.75) is 20.8 Å². The van der Waals surface area contributed by atoms with Crippen molar-refractivity contribution in [1.82, 2.24) is 0 Å². The number of allylic oxidation sites excluding steroid dienone is 1.